The third kappa shape index (κ3) is 3.34. The minimum absolute atomic E-state index is 0.220. The Kier molecular flexibility index (Phi) is 5.01. The molecule has 0 unspecified atom stereocenters. The summed E-state index contributed by atoms with van der Waals surface area (Å²) in [4.78, 5) is 6.65. The molecule has 0 aliphatic carbocycles. The number of aromatic nitrogens is 1. The molecule has 0 saturated carbocycles. The fourth-order valence-corrected chi connectivity index (χ4v) is 4.30. The van der Waals surface area contributed by atoms with Crippen molar-refractivity contribution in [2.45, 2.75) is 26.3 Å². The van der Waals surface area contributed by atoms with Crippen molar-refractivity contribution >= 4 is 22.7 Å². The molecule has 0 radical (unpaired) electrons. The number of nitrogens with zero attached hydrogens (tertiary/aromatic N) is 2. The first-order valence-electron chi connectivity index (χ1n) is 9.48. The van der Waals surface area contributed by atoms with Gasteiger partial charge in [-0.3, -0.25) is 5.41 Å². The van der Waals surface area contributed by atoms with Crippen molar-refractivity contribution in [1.29, 1.82) is 5.41 Å². The molecule has 2 heterocycles. The topological polar surface area (TPSA) is 60.2 Å². The molecule has 1 aliphatic rings. The third-order valence-corrected chi connectivity index (χ3v) is 6.12. The van der Waals surface area contributed by atoms with Gasteiger partial charge >= 0.3 is 0 Å². The van der Waals surface area contributed by atoms with Crippen molar-refractivity contribution in [3.05, 3.63) is 70.7 Å². The highest BCUT2D eigenvalue weighted by molar-refractivity contribution is 7.11. The van der Waals surface area contributed by atoms with Crippen molar-refractivity contribution in [3.63, 3.8) is 0 Å². The highest BCUT2D eigenvalue weighted by atomic mass is 32.1. The maximum absolute atomic E-state index is 10.4. The number of amidine groups is 1. The van der Waals surface area contributed by atoms with E-state index in [1.807, 2.05) is 28.5 Å². The van der Waals surface area contributed by atoms with Gasteiger partial charge in [0.05, 0.1) is 17.8 Å². The number of aliphatic hydroxyl groups excluding tert-OH is 1. The Morgan fingerprint density at radius 1 is 1.07 bits per heavy atom. The molecule has 0 fully saturated rings. The number of thiazole rings is 1. The molecule has 0 saturated heterocycles. The van der Waals surface area contributed by atoms with Gasteiger partial charge in [-0.15, -0.1) is 11.3 Å². The van der Waals surface area contributed by atoms with Crippen LogP contribution in [0.3, 0.4) is 0 Å². The number of benzene rings is 2. The highest BCUT2D eigenvalue weighted by Crippen LogP contribution is 2.33. The Hall–Kier alpha value is -2.92. The SMILES string of the molecule is CC[C@H](C)N1CC(O)=C(c2nc(-c3ccc(-c4ccccc4)cc3)cs2)C1=N. The van der Waals surface area contributed by atoms with E-state index in [-0.39, 0.29) is 11.8 Å². The summed E-state index contributed by atoms with van der Waals surface area (Å²) in [5.74, 6) is 0.609. The number of rotatable bonds is 5. The molecule has 28 heavy (non-hydrogen) atoms. The summed E-state index contributed by atoms with van der Waals surface area (Å²) in [6, 6.07) is 18.8. The van der Waals surface area contributed by atoms with Gasteiger partial charge in [-0.25, -0.2) is 4.98 Å². The van der Waals surface area contributed by atoms with Crippen LogP contribution in [0.1, 0.15) is 25.3 Å². The Labute approximate surface area is 169 Å². The molecule has 142 valence electrons. The molecular weight excluding hydrogens is 366 g/mol. The van der Waals surface area contributed by atoms with E-state index < -0.39 is 0 Å². The van der Waals surface area contributed by atoms with E-state index in [1.54, 1.807) is 0 Å². The maximum atomic E-state index is 10.4. The predicted octanol–water partition coefficient (Wildman–Crippen LogP) is 5.84. The van der Waals surface area contributed by atoms with Crippen LogP contribution in [0.25, 0.3) is 28.0 Å². The van der Waals surface area contributed by atoms with E-state index >= 15 is 0 Å². The molecule has 2 N–H and O–H groups in total. The van der Waals surface area contributed by atoms with Gasteiger partial charge < -0.3 is 10.0 Å². The first kappa shape index (κ1) is 18.4. The molecule has 1 aromatic heterocycles. The maximum Gasteiger partial charge on any atom is 0.135 e. The average Bonchev–Trinajstić information content (AvgIpc) is 3.32. The molecule has 5 heteroatoms. The van der Waals surface area contributed by atoms with Crippen LogP contribution in [0.2, 0.25) is 0 Å². The molecule has 1 aliphatic heterocycles. The van der Waals surface area contributed by atoms with E-state index in [0.717, 1.165) is 17.7 Å². The fraction of sp³-hybridized carbons (Fsp3) is 0.217. The van der Waals surface area contributed by atoms with Gasteiger partial charge in [0.15, 0.2) is 0 Å². The van der Waals surface area contributed by atoms with Crippen molar-refractivity contribution in [2.24, 2.45) is 0 Å². The summed E-state index contributed by atoms with van der Waals surface area (Å²) in [6.45, 7) is 4.56. The first-order chi connectivity index (χ1) is 13.6. The van der Waals surface area contributed by atoms with E-state index in [2.05, 4.69) is 50.2 Å². The van der Waals surface area contributed by atoms with Gasteiger partial charge in [0.25, 0.3) is 0 Å². The smallest absolute Gasteiger partial charge is 0.135 e. The van der Waals surface area contributed by atoms with Crippen LogP contribution in [0, 0.1) is 5.41 Å². The van der Waals surface area contributed by atoms with Crippen molar-refractivity contribution in [3.8, 4) is 22.4 Å². The lowest BCUT2D eigenvalue weighted by Crippen LogP contribution is -2.34. The van der Waals surface area contributed by atoms with Gasteiger partial charge in [0.2, 0.25) is 0 Å². The molecule has 4 nitrogen and oxygen atoms in total. The Morgan fingerprint density at radius 3 is 2.39 bits per heavy atom. The summed E-state index contributed by atoms with van der Waals surface area (Å²) in [6.07, 6.45) is 0.930. The van der Waals surface area contributed by atoms with Gasteiger partial charge in [-0.05, 0) is 24.5 Å². The number of hydrogen-bond donors (Lipinski definition) is 2. The van der Waals surface area contributed by atoms with Crippen LogP contribution in [-0.4, -0.2) is 33.4 Å². The van der Waals surface area contributed by atoms with Crippen molar-refractivity contribution < 1.29 is 5.11 Å². The molecular formula is C23H23N3OS. The number of hydrogen-bond acceptors (Lipinski definition) is 4. The minimum Gasteiger partial charge on any atom is -0.510 e. The zero-order chi connectivity index (χ0) is 19.7. The van der Waals surface area contributed by atoms with Crippen LogP contribution >= 0.6 is 11.3 Å². The molecule has 3 aromatic rings. The molecule has 0 spiro atoms. The Morgan fingerprint density at radius 2 is 1.71 bits per heavy atom. The van der Waals surface area contributed by atoms with Crippen LogP contribution in [0.4, 0.5) is 0 Å². The van der Waals surface area contributed by atoms with Crippen molar-refractivity contribution in [2.75, 3.05) is 6.54 Å². The third-order valence-electron chi connectivity index (χ3n) is 5.26. The Bertz CT molecular complexity index is 1020. The quantitative estimate of drug-likeness (QED) is 0.576. The fourth-order valence-electron chi connectivity index (χ4n) is 3.41. The normalized spacial score (nSPS) is 15.4. The lowest BCUT2D eigenvalue weighted by molar-refractivity contribution is 0.301. The van der Waals surface area contributed by atoms with E-state index in [0.29, 0.717) is 23.0 Å². The van der Waals surface area contributed by atoms with Crippen LogP contribution in [0.5, 0.6) is 0 Å². The second-order valence-corrected chi connectivity index (χ2v) is 7.89. The van der Waals surface area contributed by atoms with Gasteiger partial charge in [0, 0.05) is 17.0 Å². The lowest BCUT2D eigenvalue weighted by Gasteiger charge is -2.25. The van der Waals surface area contributed by atoms with Crippen molar-refractivity contribution in [1.82, 2.24) is 9.88 Å². The van der Waals surface area contributed by atoms with Crippen LogP contribution < -0.4 is 0 Å². The zero-order valence-corrected chi connectivity index (χ0v) is 16.8. The van der Waals surface area contributed by atoms with E-state index in [4.69, 9.17) is 10.4 Å². The summed E-state index contributed by atoms with van der Waals surface area (Å²) in [5.41, 5.74) is 4.83. The molecule has 2 aromatic carbocycles. The second kappa shape index (κ2) is 7.60. The molecule has 0 bridgehead atoms. The first-order valence-corrected chi connectivity index (χ1v) is 10.4. The van der Waals surface area contributed by atoms with Gasteiger partial charge in [-0.2, -0.15) is 0 Å². The number of nitrogens with one attached hydrogen (secondary N) is 1. The largest absolute Gasteiger partial charge is 0.510 e. The summed E-state index contributed by atoms with van der Waals surface area (Å²) in [7, 11) is 0. The molecule has 4 rings (SSSR count). The summed E-state index contributed by atoms with van der Waals surface area (Å²) < 4.78 is 0. The van der Waals surface area contributed by atoms with Crippen LogP contribution in [-0.2, 0) is 0 Å². The average molecular weight is 390 g/mol. The zero-order valence-electron chi connectivity index (χ0n) is 16.0. The second-order valence-electron chi connectivity index (χ2n) is 7.04. The molecule has 1 atom stereocenters. The highest BCUT2D eigenvalue weighted by Gasteiger charge is 2.32. The monoisotopic (exact) mass is 389 g/mol. The van der Waals surface area contributed by atoms with Gasteiger partial charge in [0.1, 0.15) is 16.6 Å². The predicted molar refractivity (Wildman–Crippen MR) is 117 cm³/mol. The minimum atomic E-state index is 0.220. The standard InChI is InChI=1S/C23H23N3OS/c1-3-15(2)26-13-20(27)21(22(26)24)23-25-19(14-28-23)18-11-9-17(10-12-18)16-7-5-4-6-8-16/h4-12,14-15,24,27H,3,13H2,1-2H3/t15-/m0/s1. The lowest BCUT2D eigenvalue weighted by atomic mass is 10.0. The summed E-state index contributed by atoms with van der Waals surface area (Å²) in [5, 5.41) is 21.6. The molecule has 0 amide bonds. The van der Waals surface area contributed by atoms with E-state index in [9.17, 15) is 5.11 Å². The summed E-state index contributed by atoms with van der Waals surface area (Å²) >= 11 is 1.47. The Balaban J connectivity index is 1.58. The van der Waals surface area contributed by atoms with E-state index in [1.165, 1.54) is 22.5 Å². The number of aliphatic hydroxyl groups is 1. The van der Waals surface area contributed by atoms with Crippen LogP contribution in [0.15, 0.2) is 65.7 Å². The van der Waals surface area contributed by atoms with Gasteiger partial charge in [-0.1, -0.05) is 61.5 Å².